The largest absolute Gasteiger partial charge is 0.465 e. The number of likely N-dealkylation sites (tertiary alicyclic amines) is 1. The van der Waals surface area contributed by atoms with E-state index in [-0.39, 0.29) is 0 Å². The van der Waals surface area contributed by atoms with Crippen molar-refractivity contribution in [3.05, 3.63) is 12.4 Å². The van der Waals surface area contributed by atoms with Gasteiger partial charge in [0.25, 0.3) is 0 Å². The summed E-state index contributed by atoms with van der Waals surface area (Å²) in [6, 6.07) is 0. The van der Waals surface area contributed by atoms with E-state index >= 15 is 0 Å². The van der Waals surface area contributed by atoms with Gasteiger partial charge in [-0.05, 0) is 18.8 Å². The SMILES string of the molecule is Nc1cnn(CC2CCCN(C(=O)O)C2)c1. The lowest BCUT2D eigenvalue weighted by atomic mass is 9.98. The molecule has 2 heterocycles. The quantitative estimate of drug-likeness (QED) is 0.780. The first-order chi connectivity index (χ1) is 7.65. The summed E-state index contributed by atoms with van der Waals surface area (Å²) in [5.74, 6) is 0.337. The van der Waals surface area contributed by atoms with E-state index in [0.717, 1.165) is 19.4 Å². The highest BCUT2D eigenvalue weighted by Crippen LogP contribution is 2.18. The molecule has 0 spiro atoms. The molecule has 1 aromatic heterocycles. The number of nitrogens with zero attached hydrogens (tertiary/aromatic N) is 3. The topological polar surface area (TPSA) is 84.4 Å². The Morgan fingerprint density at radius 3 is 3.12 bits per heavy atom. The highest BCUT2D eigenvalue weighted by molar-refractivity contribution is 5.65. The fraction of sp³-hybridized carbons (Fsp3) is 0.600. The number of hydrogen-bond acceptors (Lipinski definition) is 3. The Morgan fingerprint density at radius 1 is 1.69 bits per heavy atom. The van der Waals surface area contributed by atoms with Crippen LogP contribution in [0.5, 0.6) is 0 Å². The average molecular weight is 224 g/mol. The minimum atomic E-state index is -0.829. The maximum atomic E-state index is 10.8. The van der Waals surface area contributed by atoms with Crippen LogP contribution >= 0.6 is 0 Å². The van der Waals surface area contributed by atoms with Crippen LogP contribution < -0.4 is 5.73 Å². The maximum absolute atomic E-state index is 10.8. The summed E-state index contributed by atoms with van der Waals surface area (Å²) in [6.45, 7) is 1.98. The van der Waals surface area contributed by atoms with Crippen LogP contribution in [0.1, 0.15) is 12.8 Å². The molecule has 1 atom stereocenters. The van der Waals surface area contributed by atoms with Crippen LogP contribution in [0.4, 0.5) is 10.5 Å². The minimum absolute atomic E-state index is 0.337. The third-order valence-electron chi connectivity index (χ3n) is 2.89. The van der Waals surface area contributed by atoms with Crippen molar-refractivity contribution in [3.63, 3.8) is 0 Å². The van der Waals surface area contributed by atoms with E-state index < -0.39 is 6.09 Å². The van der Waals surface area contributed by atoms with Crippen molar-refractivity contribution in [2.45, 2.75) is 19.4 Å². The van der Waals surface area contributed by atoms with Crippen molar-refractivity contribution in [3.8, 4) is 0 Å². The summed E-state index contributed by atoms with van der Waals surface area (Å²) in [5.41, 5.74) is 6.22. The Labute approximate surface area is 93.6 Å². The first-order valence-corrected chi connectivity index (χ1v) is 5.41. The molecule has 1 amide bonds. The number of hydrogen-bond donors (Lipinski definition) is 2. The average Bonchev–Trinajstić information content (AvgIpc) is 2.64. The summed E-state index contributed by atoms with van der Waals surface area (Å²) in [5, 5.41) is 13.0. The number of nitrogens with two attached hydrogens (primary N) is 1. The van der Waals surface area contributed by atoms with Gasteiger partial charge in [-0.1, -0.05) is 0 Å². The van der Waals surface area contributed by atoms with Crippen molar-refractivity contribution in [2.24, 2.45) is 5.92 Å². The van der Waals surface area contributed by atoms with Crippen molar-refractivity contribution in [1.29, 1.82) is 0 Å². The minimum Gasteiger partial charge on any atom is -0.465 e. The molecular weight excluding hydrogens is 208 g/mol. The predicted octanol–water partition coefficient (Wildman–Crippen LogP) is 0.855. The van der Waals surface area contributed by atoms with Crippen LogP contribution in [0, 0.1) is 5.92 Å². The molecule has 0 aliphatic carbocycles. The van der Waals surface area contributed by atoms with Gasteiger partial charge in [0, 0.05) is 25.8 Å². The molecule has 0 aromatic carbocycles. The highest BCUT2D eigenvalue weighted by atomic mass is 16.4. The molecule has 0 bridgehead atoms. The second kappa shape index (κ2) is 4.42. The summed E-state index contributed by atoms with van der Waals surface area (Å²) in [6.07, 6.45) is 4.53. The van der Waals surface area contributed by atoms with E-state index in [0.29, 0.717) is 24.7 Å². The first-order valence-electron chi connectivity index (χ1n) is 5.41. The molecule has 1 aliphatic rings. The molecule has 1 aromatic rings. The molecule has 88 valence electrons. The monoisotopic (exact) mass is 224 g/mol. The second-order valence-electron chi connectivity index (χ2n) is 4.23. The summed E-state index contributed by atoms with van der Waals surface area (Å²) in [4.78, 5) is 12.3. The Bertz CT molecular complexity index is 377. The molecule has 6 heteroatoms. The van der Waals surface area contributed by atoms with Gasteiger partial charge in [0.15, 0.2) is 0 Å². The van der Waals surface area contributed by atoms with Crippen LogP contribution in [-0.4, -0.2) is 39.0 Å². The number of rotatable bonds is 2. The number of piperidine rings is 1. The molecular formula is C10H16N4O2. The van der Waals surface area contributed by atoms with E-state index in [1.165, 1.54) is 4.90 Å². The molecule has 1 fully saturated rings. The highest BCUT2D eigenvalue weighted by Gasteiger charge is 2.23. The van der Waals surface area contributed by atoms with Crippen molar-refractivity contribution < 1.29 is 9.90 Å². The van der Waals surface area contributed by atoms with Gasteiger partial charge in [-0.25, -0.2) is 4.79 Å². The van der Waals surface area contributed by atoms with E-state index in [1.807, 2.05) is 0 Å². The summed E-state index contributed by atoms with van der Waals surface area (Å²) < 4.78 is 1.78. The molecule has 1 aliphatic heterocycles. The van der Waals surface area contributed by atoms with Crippen LogP contribution in [0.25, 0.3) is 0 Å². The number of nitrogen functional groups attached to an aromatic ring is 1. The fourth-order valence-electron chi connectivity index (χ4n) is 2.13. The molecule has 0 radical (unpaired) electrons. The predicted molar refractivity (Wildman–Crippen MR) is 59.0 cm³/mol. The Hall–Kier alpha value is -1.72. The van der Waals surface area contributed by atoms with Gasteiger partial charge in [0.1, 0.15) is 0 Å². The van der Waals surface area contributed by atoms with Gasteiger partial charge in [-0.15, -0.1) is 0 Å². The van der Waals surface area contributed by atoms with Gasteiger partial charge in [-0.2, -0.15) is 5.10 Å². The number of carbonyl (C=O) groups is 1. The Kier molecular flexibility index (Phi) is 2.98. The molecule has 0 saturated carbocycles. The Balaban J connectivity index is 1.92. The van der Waals surface area contributed by atoms with Crippen molar-refractivity contribution >= 4 is 11.8 Å². The number of aromatic nitrogens is 2. The molecule has 6 nitrogen and oxygen atoms in total. The van der Waals surface area contributed by atoms with Gasteiger partial charge in [-0.3, -0.25) is 4.68 Å². The summed E-state index contributed by atoms with van der Waals surface area (Å²) in [7, 11) is 0. The lowest BCUT2D eigenvalue weighted by molar-refractivity contribution is 0.115. The van der Waals surface area contributed by atoms with E-state index in [1.54, 1.807) is 17.1 Å². The summed E-state index contributed by atoms with van der Waals surface area (Å²) >= 11 is 0. The van der Waals surface area contributed by atoms with Crippen LogP contribution in [0.2, 0.25) is 0 Å². The molecule has 16 heavy (non-hydrogen) atoms. The van der Waals surface area contributed by atoms with Crippen molar-refractivity contribution in [2.75, 3.05) is 18.8 Å². The normalized spacial score (nSPS) is 21.0. The van der Waals surface area contributed by atoms with E-state index in [4.69, 9.17) is 10.8 Å². The second-order valence-corrected chi connectivity index (χ2v) is 4.23. The van der Waals surface area contributed by atoms with Gasteiger partial charge >= 0.3 is 6.09 Å². The van der Waals surface area contributed by atoms with Crippen molar-refractivity contribution in [1.82, 2.24) is 14.7 Å². The number of carboxylic acid groups (broad SMARTS) is 1. The van der Waals surface area contributed by atoms with E-state index in [9.17, 15) is 4.79 Å². The van der Waals surface area contributed by atoms with Gasteiger partial charge in [0.05, 0.1) is 11.9 Å². The first kappa shape index (κ1) is 10.8. The third kappa shape index (κ3) is 2.44. The lowest BCUT2D eigenvalue weighted by Gasteiger charge is -2.30. The lowest BCUT2D eigenvalue weighted by Crippen LogP contribution is -2.40. The van der Waals surface area contributed by atoms with Gasteiger partial charge in [0.2, 0.25) is 0 Å². The maximum Gasteiger partial charge on any atom is 0.407 e. The van der Waals surface area contributed by atoms with Crippen LogP contribution in [-0.2, 0) is 6.54 Å². The third-order valence-corrected chi connectivity index (χ3v) is 2.89. The fourth-order valence-corrected chi connectivity index (χ4v) is 2.13. The smallest absolute Gasteiger partial charge is 0.407 e. The molecule has 3 N–H and O–H groups in total. The van der Waals surface area contributed by atoms with E-state index in [2.05, 4.69) is 5.10 Å². The zero-order chi connectivity index (χ0) is 11.5. The number of amides is 1. The Morgan fingerprint density at radius 2 is 2.50 bits per heavy atom. The number of anilines is 1. The standard InChI is InChI=1S/C10H16N4O2/c11-9-4-12-14(7-9)6-8-2-1-3-13(5-8)10(15)16/h4,7-8H,1-3,5-6,11H2,(H,15,16). The molecule has 2 rings (SSSR count). The van der Waals surface area contributed by atoms with Gasteiger partial charge < -0.3 is 15.7 Å². The van der Waals surface area contributed by atoms with Crippen LogP contribution in [0.15, 0.2) is 12.4 Å². The van der Waals surface area contributed by atoms with Crippen LogP contribution in [0.3, 0.4) is 0 Å². The molecule has 1 unspecified atom stereocenters. The molecule has 1 saturated heterocycles. The zero-order valence-corrected chi connectivity index (χ0v) is 9.04. The zero-order valence-electron chi connectivity index (χ0n) is 9.04.